The van der Waals surface area contributed by atoms with E-state index in [0.717, 1.165) is 6.42 Å². The molecule has 0 aliphatic carbocycles. The number of carbonyl (C=O) groups excluding carboxylic acids is 2. The molecule has 2 aliphatic rings. The van der Waals surface area contributed by atoms with Crippen molar-refractivity contribution in [2.75, 3.05) is 20.3 Å². The number of methoxy groups -OCH3 is 1. The average molecular weight is 257 g/mol. The molecule has 4 atom stereocenters. The summed E-state index contributed by atoms with van der Waals surface area (Å²) in [7, 11) is 1.28. The Morgan fingerprint density at radius 2 is 2.17 bits per heavy atom. The zero-order valence-corrected chi connectivity index (χ0v) is 10.7. The number of amides is 1. The number of likely N-dealkylation sites (tertiary alicyclic amines) is 1. The number of aliphatic hydroxyl groups is 1. The van der Waals surface area contributed by atoms with Gasteiger partial charge in [0.2, 0.25) is 0 Å². The molecule has 1 N–H and O–H groups in total. The Morgan fingerprint density at radius 3 is 2.72 bits per heavy atom. The molecule has 1 amide bonds. The molecule has 2 saturated heterocycles. The molecule has 0 radical (unpaired) electrons. The zero-order valence-electron chi connectivity index (χ0n) is 10.7. The van der Waals surface area contributed by atoms with Crippen LogP contribution >= 0.6 is 0 Å². The predicted molar refractivity (Wildman–Crippen MR) is 61.7 cm³/mol. The Morgan fingerprint density at radius 1 is 1.44 bits per heavy atom. The first-order valence-electron chi connectivity index (χ1n) is 6.22. The van der Waals surface area contributed by atoms with Gasteiger partial charge in [-0.3, -0.25) is 4.79 Å². The van der Waals surface area contributed by atoms with Gasteiger partial charge in [0.25, 0.3) is 5.91 Å². The smallest absolute Gasteiger partial charge is 0.328 e. The molecule has 0 aromatic rings. The van der Waals surface area contributed by atoms with E-state index in [-0.39, 0.29) is 24.8 Å². The number of β-amino-alcohol motifs (C(OH)–C–C–N with tert-alkyl or cyclic N) is 1. The van der Waals surface area contributed by atoms with Gasteiger partial charge in [-0.05, 0) is 12.3 Å². The summed E-state index contributed by atoms with van der Waals surface area (Å²) >= 11 is 0. The number of esters is 1. The molecule has 2 heterocycles. The Hall–Kier alpha value is -1.14. The second kappa shape index (κ2) is 5.24. The van der Waals surface area contributed by atoms with E-state index in [4.69, 9.17) is 4.74 Å². The van der Waals surface area contributed by atoms with E-state index >= 15 is 0 Å². The van der Waals surface area contributed by atoms with Gasteiger partial charge in [-0.25, -0.2) is 4.79 Å². The monoisotopic (exact) mass is 257 g/mol. The van der Waals surface area contributed by atoms with Crippen LogP contribution in [0.2, 0.25) is 0 Å². The highest BCUT2D eigenvalue weighted by Gasteiger charge is 2.44. The fourth-order valence-electron chi connectivity index (χ4n) is 2.59. The van der Waals surface area contributed by atoms with Crippen LogP contribution in [0.4, 0.5) is 0 Å². The van der Waals surface area contributed by atoms with E-state index in [9.17, 15) is 14.7 Å². The summed E-state index contributed by atoms with van der Waals surface area (Å²) in [5, 5.41) is 9.63. The Labute approximate surface area is 106 Å². The molecule has 6 heteroatoms. The topological polar surface area (TPSA) is 76.1 Å². The highest BCUT2D eigenvalue weighted by Crippen LogP contribution is 2.26. The van der Waals surface area contributed by atoms with Crippen molar-refractivity contribution in [3.05, 3.63) is 0 Å². The summed E-state index contributed by atoms with van der Waals surface area (Å²) in [5.74, 6) is -0.550. The highest BCUT2D eigenvalue weighted by molar-refractivity contribution is 5.88. The lowest BCUT2D eigenvalue weighted by Crippen LogP contribution is -2.47. The average Bonchev–Trinajstić information content (AvgIpc) is 2.93. The van der Waals surface area contributed by atoms with Gasteiger partial charge in [0.05, 0.1) is 13.2 Å². The summed E-state index contributed by atoms with van der Waals surface area (Å²) in [6.07, 6.45) is -0.0907. The van der Waals surface area contributed by atoms with Crippen LogP contribution in [-0.4, -0.2) is 60.4 Å². The van der Waals surface area contributed by atoms with Gasteiger partial charge in [-0.15, -0.1) is 0 Å². The number of nitrogens with zero attached hydrogens (tertiary/aromatic N) is 1. The van der Waals surface area contributed by atoms with Gasteiger partial charge < -0.3 is 19.5 Å². The number of rotatable bonds is 2. The van der Waals surface area contributed by atoms with Crippen molar-refractivity contribution in [2.24, 2.45) is 5.92 Å². The molecule has 0 aromatic carbocycles. The minimum Gasteiger partial charge on any atom is -0.467 e. The quantitative estimate of drug-likeness (QED) is 0.678. The van der Waals surface area contributed by atoms with Crippen LogP contribution in [0.1, 0.15) is 19.8 Å². The molecule has 4 unspecified atom stereocenters. The van der Waals surface area contributed by atoms with Crippen molar-refractivity contribution in [1.82, 2.24) is 4.90 Å². The number of hydrogen-bond acceptors (Lipinski definition) is 5. The molecule has 2 rings (SSSR count). The number of carbonyl (C=O) groups is 2. The molecule has 6 nitrogen and oxygen atoms in total. The first-order valence-corrected chi connectivity index (χ1v) is 6.22. The molecule has 18 heavy (non-hydrogen) atoms. The van der Waals surface area contributed by atoms with E-state index < -0.39 is 24.2 Å². The van der Waals surface area contributed by atoms with Crippen LogP contribution in [0.15, 0.2) is 0 Å². The van der Waals surface area contributed by atoms with Gasteiger partial charge in [0.1, 0.15) is 12.1 Å². The van der Waals surface area contributed by atoms with Crippen LogP contribution in [0.5, 0.6) is 0 Å². The third-order valence-electron chi connectivity index (χ3n) is 3.67. The lowest BCUT2D eigenvalue weighted by Gasteiger charge is -2.26. The number of hydrogen-bond donors (Lipinski definition) is 1. The van der Waals surface area contributed by atoms with E-state index in [0.29, 0.717) is 6.61 Å². The molecular weight excluding hydrogens is 238 g/mol. The number of aliphatic hydroxyl groups excluding tert-OH is 1. The lowest BCUT2D eigenvalue weighted by molar-refractivity contribution is -0.155. The third kappa shape index (κ3) is 2.35. The van der Waals surface area contributed by atoms with Gasteiger partial charge >= 0.3 is 5.97 Å². The van der Waals surface area contributed by atoms with Crippen LogP contribution in [0.25, 0.3) is 0 Å². The van der Waals surface area contributed by atoms with Crippen LogP contribution in [-0.2, 0) is 19.1 Å². The first kappa shape index (κ1) is 13.3. The number of ether oxygens (including phenoxy) is 2. The maximum absolute atomic E-state index is 12.3. The maximum atomic E-state index is 12.3. The van der Waals surface area contributed by atoms with Crippen molar-refractivity contribution in [1.29, 1.82) is 0 Å². The summed E-state index contributed by atoms with van der Waals surface area (Å²) < 4.78 is 10.1. The SMILES string of the molecule is COC(=O)C1CC(O)CN1C(=O)C1OCCC1C. The minimum atomic E-state index is -0.686. The lowest BCUT2D eigenvalue weighted by atomic mass is 10.0. The Kier molecular flexibility index (Phi) is 3.87. The molecule has 0 spiro atoms. The second-order valence-electron chi connectivity index (χ2n) is 4.98. The van der Waals surface area contributed by atoms with Crippen molar-refractivity contribution in [3.63, 3.8) is 0 Å². The van der Waals surface area contributed by atoms with E-state index in [2.05, 4.69) is 4.74 Å². The fourth-order valence-corrected chi connectivity index (χ4v) is 2.59. The molecule has 2 aliphatic heterocycles. The Balaban J connectivity index is 2.10. The summed E-state index contributed by atoms with van der Waals surface area (Å²) in [5.41, 5.74) is 0. The maximum Gasteiger partial charge on any atom is 0.328 e. The fraction of sp³-hybridized carbons (Fsp3) is 0.833. The normalized spacial score (nSPS) is 35.8. The Bertz CT molecular complexity index is 345. The molecule has 2 fully saturated rings. The predicted octanol–water partition coefficient (Wildman–Crippen LogP) is -0.454. The highest BCUT2D eigenvalue weighted by atomic mass is 16.5. The largest absolute Gasteiger partial charge is 0.467 e. The van der Waals surface area contributed by atoms with Gasteiger partial charge in [0.15, 0.2) is 0 Å². The van der Waals surface area contributed by atoms with Crippen LogP contribution < -0.4 is 0 Å². The van der Waals surface area contributed by atoms with Crippen molar-refractivity contribution < 1.29 is 24.2 Å². The van der Waals surface area contributed by atoms with Gasteiger partial charge in [-0.1, -0.05) is 6.92 Å². The van der Waals surface area contributed by atoms with Crippen LogP contribution in [0, 0.1) is 5.92 Å². The van der Waals surface area contributed by atoms with Crippen LogP contribution in [0.3, 0.4) is 0 Å². The first-order chi connectivity index (χ1) is 8.54. The summed E-state index contributed by atoms with van der Waals surface area (Å²) in [4.78, 5) is 25.3. The van der Waals surface area contributed by atoms with Crippen molar-refractivity contribution >= 4 is 11.9 Å². The molecule has 0 saturated carbocycles. The van der Waals surface area contributed by atoms with E-state index in [1.165, 1.54) is 12.0 Å². The standard InChI is InChI=1S/C12H19NO5/c1-7-3-4-18-10(7)11(15)13-6-8(14)5-9(13)12(16)17-2/h7-10,14H,3-6H2,1-2H3. The van der Waals surface area contributed by atoms with Crippen molar-refractivity contribution in [3.8, 4) is 0 Å². The van der Waals surface area contributed by atoms with Crippen molar-refractivity contribution in [2.45, 2.75) is 38.0 Å². The molecule has 0 aromatic heterocycles. The minimum absolute atomic E-state index is 0.147. The summed E-state index contributed by atoms with van der Waals surface area (Å²) in [6, 6.07) is -0.686. The van der Waals surface area contributed by atoms with Gasteiger partial charge in [0, 0.05) is 19.6 Å². The summed E-state index contributed by atoms with van der Waals surface area (Å²) in [6.45, 7) is 2.69. The zero-order chi connectivity index (χ0) is 13.3. The van der Waals surface area contributed by atoms with E-state index in [1.54, 1.807) is 0 Å². The molecular formula is C12H19NO5. The van der Waals surface area contributed by atoms with E-state index in [1.807, 2.05) is 6.92 Å². The molecule has 102 valence electrons. The molecule has 0 bridgehead atoms. The third-order valence-corrected chi connectivity index (χ3v) is 3.67. The van der Waals surface area contributed by atoms with Gasteiger partial charge in [-0.2, -0.15) is 0 Å². The second-order valence-corrected chi connectivity index (χ2v) is 4.98.